The van der Waals surface area contributed by atoms with Crippen molar-refractivity contribution in [1.82, 2.24) is 14.8 Å². The number of Topliss-reactive ketones (excluding diaryl/α,β-unsaturated/α-hetero) is 1. The number of thioether (sulfide) groups is 1. The van der Waals surface area contributed by atoms with Gasteiger partial charge in [0.1, 0.15) is 11.5 Å². The zero-order valence-corrected chi connectivity index (χ0v) is 14.6. The van der Waals surface area contributed by atoms with Gasteiger partial charge in [0.25, 0.3) is 0 Å². The standard InChI is InChI=1S/C18H21N3O2S/c1-3-12-21-17(13-8-4-6-10-15(13)23-2)19-20-18(21)24-16-11-7-5-9-14(16)22/h3-4,6,8,10,16H,1,5,7,9,11-12H2,2H3. The Morgan fingerprint density at radius 3 is 2.96 bits per heavy atom. The van der Waals surface area contributed by atoms with Crippen LogP contribution < -0.4 is 4.74 Å². The molecule has 3 rings (SSSR count). The second-order valence-electron chi connectivity index (χ2n) is 5.72. The Hall–Kier alpha value is -2.08. The van der Waals surface area contributed by atoms with Gasteiger partial charge in [-0.05, 0) is 25.0 Å². The molecule has 24 heavy (non-hydrogen) atoms. The summed E-state index contributed by atoms with van der Waals surface area (Å²) in [4.78, 5) is 12.1. The van der Waals surface area contributed by atoms with Gasteiger partial charge in [0.2, 0.25) is 0 Å². The van der Waals surface area contributed by atoms with Crippen molar-refractivity contribution >= 4 is 17.5 Å². The number of nitrogens with zero attached hydrogens (tertiary/aromatic N) is 3. The van der Waals surface area contributed by atoms with E-state index in [0.29, 0.717) is 18.7 Å². The predicted molar refractivity (Wildman–Crippen MR) is 95.3 cm³/mol. The van der Waals surface area contributed by atoms with Crippen LogP contribution >= 0.6 is 11.8 Å². The molecule has 1 unspecified atom stereocenters. The molecule has 6 heteroatoms. The Morgan fingerprint density at radius 1 is 1.38 bits per heavy atom. The Morgan fingerprint density at radius 2 is 2.21 bits per heavy atom. The lowest BCUT2D eigenvalue weighted by molar-refractivity contribution is -0.119. The molecule has 2 aromatic rings. The molecule has 0 saturated heterocycles. The maximum absolute atomic E-state index is 12.1. The maximum Gasteiger partial charge on any atom is 0.192 e. The second-order valence-corrected chi connectivity index (χ2v) is 6.89. The van der Waals surface area contributed by atoms with Crippen LogP contribution in [0.1, 0.15) is 25.7 Å². The number of hydrogen-bond donors (Lipinski definition) is 0. The first-order chi connectivity index (χ1) is 11.7. The molecule has 0 radical (unpaired) electrons. The Bertz CT molecular complexity index is 742. The molecule has 1 aliphatic rings. The van der Waals surface area contributed by atoms with Crippen molar-refractivity contribution in [2.45, 2.75) is 42.6 Å². The summed E-state index contributed by atoms with van der Waals surface area (Å²) < 4.78 is 7.44. The highest BCUT2D eigenvalue weighted by atomic mass is 32.2. The van der Waals surface area contributed by atoms with Crippen LogP contribution in [0.2, 0.25) is 0 Å². The fraction of sp³-hybridized carbons (Fsp3) is 0.389. The fourth-order valence-corrected chi connectivity index (χ4v) is 4.07. The number of ketones is 1. The summed E-state index contributed by atoms with van der Waals surface area (Å²) in [5.41, 5.74) is 0.885. The van der Waals surface area contributed by atoms with Crippen LogP contribution in [0.4, 0.5) is 0 Å². The Balaban J connectivity index is 1.95. The molecule has 1 heterocycles. The van der Waals surface area contributed by atoms with E-state index in [-0.39, 0.29) is 5.25 Å². The minimum atomic E-state index is -0.0166. The number of carbonyl (C=O) groups excluding carboxylic acids is 1. The number of para-hydroxylation sites is 1. The smallest absolute Gasteiger partial charge is 0.192 e. The molecule has 0 amide bonds. The van der Waals surface area contributed by atoms with E-state index in [1.165, 1.54) is 11.8 Å². The lowest BCUT2D eigenvalue weighted by Gasteiger charge is -2.19. The van der Waals surface area contributed by atoms with Gasteiger partial charge < -0.3 is 4.74 Å². The molecular weight excluding hydrogens is 322 g/mol. The van der Waals surface area contributed by atoms with Gasteiger partial charge in [-0.3, -0.25) is 9.36 Å². The van der Waals surface area contributed by atoms with Gasteiger partial charge in [-0.1, -0.05) is 36.4 Å². The summed E-state index contributed by atoms with van der Waals surface area (Å²) in [7, 11) is 1.64. The molecule has 1 aromatic heterocycles. The topological polar surface area (TPSA) is 57.0 Å². The van der Waals surface area contributed by atoms with Crippen molar-refractivity contribution in [3.05, 3.63) is 36.9 Å². The third-order valence-electron chi connectivity index (χ3n) is 4.12. The molecule has 0 N–H and O–H groups in total. The first-order valence-electron chi connectivity index (χ1n) is 8.11. The minimum Gasteiger partial charge on any atom is -0.496 e. The molecule has 0 aliphatic heterocycles. The zero-order valence-electron chi connectivity index (χ0n) is 13.8. The monoisotopic (exact) mass is 343 g/mol. The van der Waals surface area contributed by atoms with Crippen LogP contribution in [0.15, 0.2) is 42.1 Å². The summed E-state index contributed by atoms with van der Waals surface area (Å²) in [6.07, 6.45) is 5.50. The van der Waals surface area contributed by atoms with Gasteiger partial charge in [-0.15, -0.1) is 16.8 Å². The molecule has 1 aliphatic carbocycles. The molecule has 1 aromatic carbocycles. The van der Waals surface area contributed by atoms with Gasteiger partial charge in [0.05, 0.1) is 17.9 Å². The first-order valence-corrected chi connectivity index (χ1v) is 8.99. The van der Waals surface area contributed by atoms with Crippen LogP contribution in [0.25, 0.3) is 11.4 Å². The molecule has 1 fully saturated rings. The van der Waals surface area contributed by atoms with Crippen molar-refractivity contribution < 1.29 is 9.53 Å². The second kappa shape index (κ2) is 7.66. The van der Waals surface area contributed by atoms with Crippen LogP contribution in [-0.4, -0.2) is 32.9 Å². The molecule has 1 saturated carbocycles. The highest BCUT2D eigenvalue weighted by Crippen LogP contribution is 2.34. The number of aromatic nitrogens is 3. The van der Waals surface area contributed by atoms with Crippen molar-refractivity contribution in [2.75, 3.05) is 7.11 Å². The normalized spacial score (nSPS) is 17.7. The van der Waals surface area contributed by atoms with Crippen molar-refractivity contribution in [3.8, 4) is 17.1 Å². The summed E-state index contributed by atoms with van der Waals surface area (Å²) in [5.74, 6) is 1.80. The van der Waals surface area contributed by atoms with Crippen molar-refractivity contribution in [1.29, 1.82) is 0 Å². The molecule has 0 bridgehead atoms. The molecule has 126 valence electrons. The summed E-state index contributed by atoms with van der Waals surface area (Å²) >= 11 is 1.52. The average Bonchev–Trinajstić information content (AvgIpc) is 3.00. The van der Waals surface area contributed by atoms with E-state index >= 15 is 0 Å². The number of allylic oxidation sites excluding steroid dienone is 1. The Labute approximate surface area is 146 Å². The first kappa shape index (κ1) is 16.8. The number of ether oxygens (including phenoxy) is 1. The summed E-state index contributed by atoms with van der Waals surface area (Å²) in [6.45, 7) is 4.42. The van der Waals surface area contributed by atoms with E-state index < -0.39 is 0 Å². The minimum absolute atomic E-state index is 0.0166. The van der Waals surface area contributed by atoms with Crippen LogP contribution in [0, 0.1) is 0 Å². The van der Waals surface area contributed by atoms with E-state index in [2.05, 4.69) is 16.8 Å². The van der Waals surface area contributed by atoms with Crippen molar-refractivity contribution in [3.63, 3.8) is 0 Å². The van der Waals surface area contributed by atoms with Gasteiger partial charge in [-0.2, -0.15) is 0 Å². The third-order valence-corrected chi connectivity index (χ3v) is 5.42. The van der Waals surface area contributed by atoms with Crippen LogP contribution in [-0.2, 0) is 11.3 Å². The van der Waals surface area contributed by atoms with E-state index in [0.717, 1.165) is 41.6 Å². The van der Waals surface area contributed by atoms with E-state index in [1.807, 2.05) is 34.9 Å². The molecular formula is C18H21N3O2S. The average molecular weight is 343 g/mol. The van der Waals surface area contributed by atoms with E-state index in [4.69, 9.17) is 4.74 Å². The number of methoxy groups -OCH3 is 1. The quantitative estimate of drug-likeness (QED) is 0.748. The third kappa shape index (κ3) is 3.38. The van der Waals surface area contributed by atoms with E-state index in [1.54, 1.807) is 7.11 Å². The number of hydrogen-bond acceptors (Lipinski definition) is 5. The number of benzene rings is 1. The summed E-state index contributed by atoms with van der Waals surface area (Å²) in [6, 6.07) is 7.73. The lowest BCUT2D eigenvalue weighted by Crippen LogP contribution is -2.21. The SMILES string of the molecule is C=CCn1c(SC2CCCCC2=O)nnc1-c1ccccc1OC. The van der Waals surface area contributed by atoms with Crippen LogP contribution in [0.5, 0.6) is 5.75 Å². The molecule has 5 nitrogen and oxygen atoms in total. The highest BCUT2D eigenvalue weighted by Gasteiger charge is 2.26. The van der Waals surface area contributed by atoms with Gasteiger partial charge in [0.15, 0.2) is 11.0 Å². The van der Waals surface area contributed by atoms with E-state index in [9.17, 15) is 4.79 Å². The lowest BCUT2D eigenvalue weighted by atomic mass is 9.99. The van der Waals surface area contributed by atoms with Gasteiger partial charge in [-0.25, -0.2) is 0 Å². The number of carbonyl (C=O) groups is 1. The van der Waals surface area contributed by atoms with Crippen molar-refractivity contribution in [2.24, 2.45) is 0 Å². The van der Waals surface area contributed by atoms with Gasteiger partial charge in [0, 0.05) is 13.0 Å². The molecule has 0 spiro atoms. The highest BCUT2D eigenvalue weighted by molar-refractivity contribution is 8.00. The largest absolute Gasteiger partial charge is 0.496 e. The Kier molecular flexibility index (Phi) is 5.35. The zero-order chi connectivity index (χ0) is 16.9. The maximum atomic E-state index is 12.1. The molecule has 1 atom stereocenters. The van der Waals surface area contributed by atoms with Crippen LogP contribution in [0.3, 0.4) is 0 Å². The summed E-state index contributed by atoms with van der Waals surface area (Å²) in [5, 5.41) is 9.44. The van der Waals surface area contributed by atoms with Gasteiger partial charge >= 0.3 is 0 Å². The fourth-order valence-electron chi connectivity index (χ4n) is 2.90. The predicted octanol–water partition coefficient (Wildman–Crippen LogP) is 3.74. The number of rotatable bonds is 6.